The van der Waals surface area contributed by atoms with E-state index >= 15 is 0 Å². The number of aromatic nitrogens is 1. The summed E-state index contributed by atoms with van der Waals surface area (Å²) >= 11 is 4.31. The Morgan fingerprint density at radius 2 is 1.96 bits per heavy atom. The molecule has 152 valence electrons. The van der Waals surface area contributed by atoms with Crippen LogP contribution in [0, 0.1) is 5.92 Å². The lowest BCUT2D eigenvalue weighted by atomic mass is 9.86. The Labute approximate surface area is 168 Å². The standard InChI is InChI=1S/C21H34N2O3S/c1-4-14-5-9-16(10-6-14)26-13-19-18(22-27)12-8-15-7-11-17(21(2,3)25)20(24)23(15)19/h7,11,14,16,18-19,22,25,27H,4-6,8-10,12-13H2,1-3H3. The number of aliphatic hydroxyl groups is 1. The first-order valence-electron chi connectivity index (χ1n) is 10.3. The van der Waals surface area contributed by atoms with E-state index in [-0.39, 0.29) is 23.7 Å². The van der Waals surface area contributed by atoms with Gasteiger partial charge in [0.05, 0.1) is 24.4 Å². The SMILES string of the molecule is CCC1CCC(OCC2C(NS)CCc3ccc(C(C)(C)O)c(=O)n32)CC1. The van der Waals surface area contributed by atoms with Crippen molar-refractivity contribution < 1.29 is 9.84 Å². The van der Waals surface area contributed by atoms with Crippen molar-refractivity contribution in [3.8, 4) is 0 Å². The number of hydrogen-bond acceptors (Lipinski definition) is 5. The number of aryl methyl sites for hydroxylation is 1. The Morgan fingerprint density at radius 1 is 1.26 bits per heavy atom. The highest BCUT2D eigenvalue weighted by Gasteiger charge is 2.33. The van der Waals surface area contributed by atoms with E-state index in [0.717, 1.165) is 37.3 Å². The molecule has 2 heterocycles. The van der Waals surface area contributed by atoms with Crippen LogP contribution in [0.5, 0.6) is 0 Å². The highest BCUT2D eigenvalue weighted by Crippen LogP contribution is 2.31. The van der Waals surface area contributed by atoms with Crippen molar-refractivity contribution in [2.45, 2.75) is 89.5 Å². The molecule has 0 spiro atoms. The maximum atomic E-state index is 13.2. The number of fused-ring (bicyclic) bond motifs is 1. The van der Waals surface area contributed by atoms with Gasteiger partial charge in [-0.1, -0.05) is 26.2 Å². The van der Waals surface area contributed by atoms with E-state index in [9.17, 15) is 9.90 Å². The Bertz CT molecular complexity index is 690. The summed E-state index contributed by atoms with van der Waals surface area (Å²) in [6.07, 6.45) is 7.96. The summed E-state index contributed by atoms with van der Waals surface area (Å²) in [6.45, 7) is 6.08. The second-order valence-electron chi connectivity index (χ2n) is 8.70. The first kappa shape index (κ1) is 20.9. The van der Waals surface area contributed by atoms with E-state index in [0.29, 0.717) is 12.2 Å². The van der Waals surface area contributed by atoms with E-state index in [4.69, 9.17) is 4.74 Å². The van der Waals surface area contributed by atoms with Crippen molar-refractivity contribution in [3.05, 3.63) is 33.7 Å². The maximum absolute atomic E-state index is 13.2. The molecule has 1 aliphatic heterocycles. The van der Waals surface area contributed by atoms with Gasteiger partial charge in [0.15, 0.2) is 0 Å². The fourth-order valence-electron chi connectivity index (χ4n) is 4.58. The van der Waals surface area contributed by atoms with Crippen molar-refractivity contribution >= 4 is 12.8 Å². The summed E-state index contributed by atoms with van der Waals surface area (Å²) in [4.78, 5) is 13.2. The fourth-order valence-corrected chi connectivity index (χ4v) is 4.88. The van der Waals surface area contributed by atoms with Crippen LogP contribution in [0.25, 0.3) is 0 Å². The first-order valence-corrected chi connectivity index (χ1v) is 10.8. The van der Waals surface area contributed by atoms with Crippen LogP contribution in [0.15, 0.2) is 16.9 Å². The average Bonchev–Trinajstić information content (AvgIpc) is 2.65. The third-order valence-electron chi connectivity index (χ3n) is 6.41. The smallest absolute Gasteiger partial charge is 0.257 e. The summed E-state index contributed by atoms with van der Waals surface area (Å²) in [5.41, 5.74) is 0.164. The lowest BCUT2D eigenvalue weighted by molar-refractivity contribution is -0.00719. The second kappa shape index (κ2) is 8.68. The number of pyridine rings is 1. The number of ether oxygens (including phenoxy) is 1. The molecule has 5 nitrogen and oxygen atoms in total. The third kappa shape index (κ3) is 4.61. The van der Waals surface area contributed by atoms with Gasteiger partial charge in [-0.15, -0.1) is 0 Å². The average molecular weight is 395 g/mol. The minimum atomic E-state index is -1.16. The number of rotatable bonds is 6. The van der Waals surface area contributed by atoms with Gasteiger partial charge in [-0.25, -0.2) is 0 Å². The molecule has 0 aromatic carbocycles. The molecular weight excluding hydrogens is 360 g/mol. The minimum Gasteiger partial charge on any atom is -0.386 e. The molecule has 27 heavy (non-hydrogen) atoms. The van der Waals surface area contributed by atoms with Crippen LogP contribution in [-0.4, -0.2) is 28.4 Å². The van der Waals surface area contributed by atoms with Crippen molar-refractivity contribution in [2.24, 2.45) is 5.92 Å². The number of nitrogens with zero attached hydrogens (tertiary/aromatic N) is 1. The summed E-state index contributed by atoms with van der Waals surface area (Å²) in [5.74, 6) is 0.837. The van der Waals surface area contributed by atoms with Gasteiger partial charge in [0.25, 0.3) is 5.56 Å². The zero-order valence-corrected chi connectivity index (χ0v) is 17.7. The number of hydrogen-bond donors (Lipinski definition) is 3. The molecule has 6 heteroatoms. The third-order valence-corrected chi connectivity index (χ3v) is 6.74. The van der Waals surface area contributed by atoms with Gasteiger partial charge in [0.2, 0.25) is 0 Å². The molecule has 1 saturated carbocycles. The van der Waals surface area contributed by atoms with E-state index in [1.54, 1.807) is 19.9 Å². The monoisotopic (exact) mass is 394 g/mol. The molecule has 3 rings (SSSR count). The van der Waals surface area contributed by atoms with Gasteiger partial charge in [-0.05, 0) is 70.4 Å². The summed E-state index contributed by atoms with van der Waals surface area (Å²) in [6, 6.07) is 3.71. The van der Waals surface area contributed by atoms with Gasteiger partial charge in [-0.3, -0.25) is 9.52 Å². The molecule has 2 atom stereocenters. The largest absolute Gasteiger partial charge is 0.386 e. The predicted octanol–water partition coefficient (Wildman–Crippen LogP) is 3.35. The molecule has 2 unspecified atom stereocenters. The van der Waals surface area contributed by atoms with Crippen LogP contribution in [0.2, 0.25) is 0 Å². The lowest BCUT2D eigenvalue weighted by Crippen LogP contribution is -2.47. The van der Waals surface area contributed by atoms with Crippen molar-refractivity contribution in [1.82, 2.24) is 9.29 Å². The second-order valence-corrected chi connectivity index (χ2v) is 8.96. The molecule has 2 N–H and O–H groups in total. The van der Waals surface area contributed by atoms with Crippen molar-refractivity contribution in [1.29, 1.82) is 0 Å². The van der Waals surface area contributed by atoms with Crippen LogP contribution < -0.4 is 10.3 Å². The number of nitrogens with one attached hydrogen (secondary N) is 1. The van der Waals surface area contributed by atoms with Gasteiger partial charge >= 0.3 is 0 Å². The molecule has 1 aliphatic carbocycles. The molecule has 2 aliphatic rings. The van der Waals surface area contributed by atoms with E-state index < -0.39 is 5.60 Å². The Morgan fingerprint density at radius 3 is 2.56 bits per heavy atom. The van der Waals surface area contributed by atoms with Crippen LogP contribution in [-0.2, 0) is 16.8 Å². The van der Waals surface area contributed by atoms with Crippen molar-refractivity contribution in [3.63, 3.8) is 0 Å². The molecule has 1 fully saturated rings. The quantitative estimate of drug-likeness (QED) is 0.648. The van der Waals surface area contributed by atoms with Crippen LogP contribution in [0.3, 0.4) is 0 Å². The molecule has 0 bridgehead atoms. The summed E-state index contributed by atoms with van der Waals surface area (Å²) < 4.78 is 11.2. The summed E-state index contributed by atoms with van der Waals surface area (Å²) in [5, 5.41) is 10.4. The van der Waals surface area contributed by atoms with E-state index in [2.05, 4.69) is 24.5 Å². The fraction of sp³-hybridized carbons (Fsp3) is 0.762. The lowest BCUT2D eigenvalue weighted by Gasteiger charge is -2.37. The van der Waals surface area contributed by atoms with Crippen LogP contribution in [0.1, 0.15) is 76.6 Å². The number of thiol groups is 1. The maximum Gasteiger partial charge on any atom is 0.257 e. The van der Waals surface area contributed by atoms with Crippen molar-refractivity contribution in [2.75, 3.05) is 6.61 Å². The topological polar surface area (TPSA) is 63.5 Å². The zero-order valence-electron chi connectivity index (χ0n) is 16.8. The zero-order chi connectivity index (χ0) is 19.6. The predicted molar refractivity (Wildman–Crippen MR) is 111 cm³/mol. The van der Waals surface area contributed by atoms with E-state index in [1.807, 2.05) is 10.6 Å². The summed E-state index contributed by atoms with van der Waals surface area (Å²) in [7, 11) is 0. The molecular formula is C21H34N2O3S. The van der Waals surface area contributed by atoms with Crippen LogP contribution >= 0.6 is 12.8 Å². The molecule has 1 aromatic heterocycles. The molecule has 0 radical (unpaired) electrons. The Balaban J connectivity index is 1.81. The Hall–Kier alpha value is -0.820. The van der Waals surface area contributed by atoms with Crippen LogP contribution in [0.4, 0.5) is 0 Å². The highest BCUT2D eigenvalue weighted by atomic mass is 32.1. The first-order chi connectivity index (χ1) is 12.8. The normalized spacial score (nSPS) is 28.8. The van der Waals surface area contributed by atoms with E-state index in [1.165, 1.54) is 19.3 Å². The molecule has 0 amide bonds. The van der Waals surface area contributed by atoms with Gasteiger partial charge in [0.1, 0.15) is 0 Å². The Kier molecular flexibility index (Phi) is 6.72. The van der Waals surface area contributed by atoms with Gasteiger partial charge in [-0.2, -0.15) is 0 Å². The van der Waals surface area contributed by atoms with Gasteiger partial charge < -0.3 is 14.4 Å². The highest BCUT2D eigenvalue weighted by molar-refractivity contribution is 7.78. The van der Waals surface area contributed by atoms with Gasteiger partial charge in [0, 0.05) is 17.3 Å². The molecule has 0 saturated heterocycles. The molecule has 1 aromatic rings. The minimum absolute atomic E-state index is 0.0718.